The van der Waals surface area contributed by atoms with Gasteiger partial charge in [-0.1, -0.05) is 25.3 Å². The van der Waals surface area contributed by atoms with E-state index in [0.29, 0.717) is 27.7 Å². The van der Waals surface area contributed by atoms with Crippen LogP contribution in [0.4, 0.5) is 17.6 Å². The zero-order valence-electron chi connectivity index (χ0n) is 19.0. The molecule has 3 N–H and O–H groups in total. The van der Waals surface area contributed by atoms with Crippen molar-refractivity contribution in [1.29, 1.82) is 0 Å². The summed E-state index contributed by atoms with van der Waals surface area (Å²) in [4.78, 5) is 11.5. The SMILES string of the molecule is C=Cc1c(CC(N)=O)cn(CC(O)(c2ccc3c(cnn3-c3ccc(F)cc3)c2)C(F)(F)F)c1C=C. The van der Waals surface area contributed by atoms with Crippen molar-refractivity contribution in [2.45, 2.75) is 24.7 Å². The van der Waals surface area contributed by atoms with Crippen LogP contribution in [0.1, 0.15) is 22.4 Å². The lowest BCUT2D eigenvalue weighted by molar-refractivity contribution is -0.271. The number of hydrogen-bond acceptors (Lipinski definition) is 3. The van der Waals surface area contributed by atoms with Crippen molar-refractivity contribution in [1.82, 2.24) is 14.3 Å². The number of rotatable bonds is 8. The molecule has 2 aromatic heterocycles. The van der Waals surface area contributed by atoms with E-state index in [4.69, 9.17) is 5.73 Å². The van der Waals surface area contributed by atoms with Gasteiger partial charge in [-0.05, 0) is 53.6 Å². The number of primary amides is 1. The van der Waals surface area contributed by atoms with E-state index < -0.39 is 35.6 Å². The van der Waals surface area contributed by atoms with Crippen molar-refractivity contribution in [2.24, 2.45) is 5.73 Å². The van der Waals surface area contributed by atoms with Crippen LogP contribution in [0.2, 0.25) is 0 Å². The normalized spacial score (nSPS) is 13.5. The highest BCUT2D eigenvalue weighted by Gasteiger charge is 2.55. The number of nitrogens with zero attached hydrogens (tertiary/aromatic N) is 3. The van der Waals surface area contributed by atoms with Crippen LogP contribution in [-0.4, -0.2) is 31.5 Å². The van der Waals surface area contributed by atoms with Crippen LogP contribution >= 0.6 is 0 Å². The Morgan fingerprint density at radius 3 is 2.39 bits per heavy atom. The van der Waals surface area contributed by atoms with Crippen LogP contribution < -0.4 is 5.73 Å². The summed E-state index contributed by atoms with van der Waals surface area (Å²) < 4.78 is 59.1. The first-order chi connectivity index (χ1) is 17.0. The van der Waals surface area contributed by atoms with Gasteiger partial charge in [-0.15, -0.1) is 0 Å². The molecule has 0 saturated heterocycles. The van der Waals surface area contributed by atoms with Crippen molar-refractivity contribution in [2.75, 3.05) is 0 Å². The standard InChI is InChI=1S/C26H22F4N4O2/c1-3-21-17(12-24(31)35)14-33(22(21)4-2)15-25(36,26(28,29)30)18-5-10-23-16(11-18)13-32-34(23)20-8-6-19(27)7-9-20/h3-11,13-14,36H,1-2,12,15H2,(H2,31,35). The Labute approximate surface area is 203 Å². The molecule has 0 bridgehead atoms. The summed E-state index contributed by atoms with van der Waals surface area (Å²) in [6, 6.07) is 9.28. The lowest BCUT2D eigenvalue weighted by Crippen LogP contribution is -2.46. The second kappa shape index (κ2) is 9.12. The number of carbonyl (C=O) groups is 1. The molecule has 0 aliphatic rings. The number of nitrogens with two attached hydrogens (primary N) is 1. The average Bonchev–Trinajstić information content (AvgIpc) is 3.38. The highest BCUT2D eigenvalue weighted by molar-refractivity contribution is 5.81. The van der Waals surface area contributed by atoms with Gasteiger partial charge in [0.15, 0.2) is 0 Å². The molecule has 1 amide bonds. The van der Waals surface area contributed by atoms with E-state index in [1.165, 1.54) is 76.3 Å². The third-order valence-corrected chi connectivity index (χ3v) is 5.99. The Hall–Kier alpha value is -4.18. The Kier molecular flexibility index (Phi) is 6.32. The first-order valence-corrected chi connectivity index (χ1v) is 10.8. The number of hydrogen-bond donors (Lipinski definition) is 2. The van der Waals surface area contributed by atoms with Crippen LogP contribution in [0, 0.1) is 5.82 Å². The maximum absolute atomic E-state index is 14.4. The molecule has 4 aromatic rings. The van der Waals surface area contributed by atoms with Crippen LogP contribution in [0.25, 0.3) is 28.7 Å². The van der Waals surface area contributed by atoms with Crippen LogP contribution in [0.15, 0.2) is 68.0 Å². The number of amides is 1. The van der Waals surface area contributed by atoms with E-state index in [1.807, 2.05) is 0 Å². The number of aliphatic hydroxyl groups is 1. The van der Waals surface area contributed by atoms with Crippen molar-refractivity contribution in [3.05, 3.63) is 96.2 Å². The van der Waals surface area contributed by atoms with E-state index in [9.17, 15) is 27.5 Å². The van der Waals surface area contributed by atoms with Gasteiger partial charge in [0.2, 0.25) is 11.5 Å². The maximum Gasteiger partial charge on any atom is 0.423 e. The topological polar surface area (TPSA) is 86.1 Å². The second-order valence-corrected chi connectivity index (χ2v) is 8.30. The van der Waals surface area contributed by atoms with Gasteiger partial charge >= 0.3 is 6.18 Å². The van der Waals surface area contributed by atoms with Crippen molar-refractivity contribution in [3.8, 4) is 5.69 Å². The molecule has 2 heterocycles. The van der Waals surface area contributed by atoms with Gasteiger partial charge in [-0.2, -0.15) is 18.3 Å². The molecule has 1 unspecified atom stereocenters. The lowest BCUT2D eigenvalue weighted by atomic mass is 9.91. The summed E-state index contributed by atoms with van der Waals surface area (Å²) in [6.07, 6.45) is 0.149. The van der Waals surface area contributed by atoms with E-state index >= 15 is 0 Å². The summed E-state index contributed by atoms with van der Waals surface area (Å²) in [5.74, 6) is -1.10. The van der Waals surface area contributed by atoms with E-state index in [1.54, 1.807) is 0 Å². The van der Waals surface area contributed by atoms with Crippen LogP contribution in [0.3, 0.4) is 0 Å². The van der Waals surface area contributed by atoms with Gasteiger partial charge in [-0.25, -0.2) is 9.07 Å². The smallest absolute Gasteiger partial charge is 0.375 e. The van der Waals surface area contributed by atoms with Gasteiger partial charge in [0.05, 0.1) is 30.4 Å². The molecule has 0 fully saturated rings. The summed E-state index contributed by atoms with van der Waals surface area (Å²) >= 11 is 0. The van der Waals surface area contributed by atoms with Crippen molar-refractivity contribution < 1.29 is 27.5 Å². The molecule has 0 saturated carbocycles. The minimum atomic E-state index is -5.06. The largest absolute Gasteiger partial charge is 0.423 e. The predicted molar refractivity (Wildman–Crippen MR) is 128 cm³/mol. The summed E-state index contributed by atoms with van der Waals surface area (Å²) in [5.41, 5.74) is 3.61. The summed E-state index contributed by atoms with van der Waals surface area (Å²) in [7, 11) is 0. The molecule has 0 radical (unpaired) electrons. The van der Waals surface area contributed by atoms with E-state index in [0.717, 1.165) is 0 Å². The fraction of sp³-hybridized carbons (Fsp3) is 0.154. The maximum atomic E-state index is 14.4. The van der Waals surface area contributed by atoms with Crippen LogP contribution in [0.5, 0.6) is 0 Å². The average molecular weight is 498 g/mol. The van der Waals surface area contributed by atoms with E-state index in [-0.39, 0.29) is 12.1 Å². The molecule has 0 aliphatic carbocycles. The molecule has 10 heteroatoms. The zero-order valence-corrected chi connectivity index (χ0v) is 19.0. The van der Waals surface area contributed by atoms with Gasteiger partial charge in [0, 0.05) is 22.8 Å². The fourth-order valence-electron chi connectivity index (χ4n) is 4.24. The molecular weight excluding hydrogens is 476 g/mol. The molecule has 1 atom stereocenters. The minimum Gasteiger partial charge on any atom is -0.375 e. The predicted octanol–water partition coefficient (Wildman–Crippen LogP) is 4.73. The monoisotopic (exact) mass is 498 g/mol. The molecule has 0 aliphatic heterocycles. The summed E-state index contributed by atoms with van der Waals surface area (Å²) in [6.45, 7) is 6.41. The number of alkyl halides is 3. The molecule has 6 nitrogen and oxygen atoms in total. The van der Waals surface area contributed by atoms with E-state index in [2.05, 4.69) is 18.3 Å². The number of aromatic nitrogens is 3. The first kappa shape index (κ1) is 24.9. The Balaban J connectivity index is 1.81. The Bertz CT molecular complexity index is 1470. The molecule has 0 spiro atoms. The summed E-state index contributed by atoms with van der Waals surface area (Å²) in [5, 5.41) is 15.6. The molecule has 186 valence electrons. The molecule has 36 heavy (non-hydrogen) atoms. The number of halogens is 4. The molecular formula is C26H22F4N4O2. The highest BCUT2D eigenvalue weighted by Crippen LogP contribution is 2.42. The highest BCUT2D eigenvalue weighted by atomic mass is 19.4. The third-order valence-electron chi connectivity index (χ3n) is 5.99. The fourth-order valence-corrected chi connectivity index (χ4v) is 4.24. The Morgan fingerprint density at radius 2 is 1.81 bits per heavy atom. The second-order valence-electron chi connectivity index (χ2n) is 8.30. The van der Waals surface area contributed by atoms with Crippen molar-refractivity contribution >= 4 is 29.0 Å². The van der Waals surface area contributed by atoms with Gasteiger partial charge < -0.3 is 15.4 Å². The molecule has 4 rings (SSSR count). The van der Waals surface area contributed by atoms with Crippen LogP contribution in [-0.2, 0) is 23.4 Å². The van der Waals surface area contributed by atoms with Gasteiger partial charge in [-0.3, -0.25) is 4.79 Å². The third kappa shape index (κ3) is 4.31. The number of fused-ring (bicyclic) bond motifs is 1. The zero-order chi connectivity index (χ0) is 26.3. The van der Waals surface area contributed by atoms with Crippen molar-refractivity contribution in [3.63, 3.8) is 0 Å². The lowest BCUT2D eigenvalue weighted by Gasteiger charge is -2.32. The molecule has 2 aromatic carbocycles. The first-order valence-electron chi connectivity index (χ1n) is 10.8. The number of benzene rings is 2. The van der Waals surface area contributed by atoms with Gasteiger partial charge in [0.1, 0.15) is 5.82 Å². The Morgan fingerprint density at radius 1 is 1.11 bits per heavy atom. The van der Waals surface area contributed by atoms with Gasteiger partial charge in [0.25, 0.3) is 0 Å². The quantitative estimate of drug-likeness (QED) is 0.345. The minimum absolute atomic E-state index is 0.214. The number of carbonyl (C=O) groups excluding carboxylic acids is 1.